The van der Waals surface area contributed by atoms with Crippen molar-refractivity contribution in [3.05, 3.63) is 51.5 Å². The highest BCUT2D eigenvalue weighted by Gasteiger charge is 2.08. The molecule has 1 heterocycles. The molecule has 0 atom stereocenters. The Balaban J connectivity index is 1.84. The molecule has 0 aliphatic heterocycles. The molecule has 1 aromatic carbocycles. The molecule has 2 N–H and O–H groups in total. The zero-order valence-corrected chi connectivity index (χ0v) is 14.2. The number of thiazole rings is 1. The molecule has 0 unspecified atom stereocenters. The maximum atomic E-state index is 11.9. The fourth-order valence-corrected chi connectivity index (χ4v) is 2.62. The number of aromatic nitrogens is 1. The molecule has 0 saturated heterocycles. The molecule has 2 aromatic rings. The lowest BCUT2D eigenvalue weighted by atomic mass is 10.1. The minimum Gasteiger partial charge on any atom is -0.343 e. The third kappa shape index (κ3) is 5.03. The fourth-order valence-electron chi connectivity index (χ4n) is 2.04. The van der Waals surface area contributed by atoms with Gasteiger partial charge in [0.15, 0.2) is 0 Å². The lowest BCUT2D eigenvalue weighted by molar-refractivity contribution is -0.121. The summed E-state index contributed by atoms with van der Waals surface area (Å²) in [7, 11) is 0. The first-order valence-corrected chi connectivity index (χ1v) is 8.08. The third-order valence-corrected chi connectivity index (χ3v) is 4.00. The monoisotopic (exact) mass is 329 g/mol. The van der Waals surface area contributed by atoms with E-state index >= 15 is 0 Å². The summed E-state index contributed by atoms with van der Waals surface area (Å²) in [6.45, 7) is 5.69. The van der Waals surface area contributed by atoms with Crippen LogP contribution in [0.1, 0.15) is 21.8 Å². The van der Waals surface area contributed by atoms with Crippen molar-refractivity contribution >= 4 is 34.9 Å². The Morgan fingerprint density at radius 3 is 2.52 bits per heavy atom. The molecule has 120 valence electrons. The van der Waals surface area contributed by atoms with E-state index in [1.165, 1.54) is 17.4 Å². The Labute approximate surface area is 139 Å². The van der Waals surface area contributed by atoms with Gasteiger partial charge in [-0.1, -0.05) is 18.2 Å². The van der Waals surface area contributed by atoms with E-state index in [1.54, 1.807) is 6.08 Å². The first-order valence-electron chi connectivity index (χ1n) is 7.20. The van der Waals surface area contributed by atoms with Crippen molar-refractivity contribution in [2.75, 3.05) is 11.9 Å². The Bertz CT molecular complexity index is 730. The number of amides is 2. The molecule has 1 aromatic heterocycles. The molecule has 0 radical (unpaired) electrons. The highest BCUT2D eigenvalue weighted by atomic mass is 32.1. The number of carbonyl (C=O) groups is 2. The van der Waals surface area contributed by atoms with Gasteiger partial charge >= 0.3 is 0 Å². The molecule has 6 heteroatoms. The van der Waals surface area contributed by atoms with Crippen LogP contribution in [0.4, 0.5) is 5.69 Å². The number of carbonyl (C=O) groups excluding carboxylic acids is 2. The molecule has 0 aliphatic carbocycles. The quantitative estimate of drug-likeness (QED) is 0.829. The highest BCUT2D eigenvalue weighted by molar-refractivity contribution is 7.09. The van der Waals surface area contributed by atoms with Gasteiger partial charge in [0, 0.05) is 17.1 Å². The van der Waals surface area contributed by atoms with Crippen LogP contribution in [0.25, 0.3) is 6.08 Å². The van der Waals surface area contributed by atoms with Crippen molar-refractivity contribution < 1.29 is 9.59 Å². The summed E-state index contributed by atoms with van der Waals surface area (Å²) in [6.07, 6.45) is 3.00. The molecule has 0 aliphatic rings. The van der Waals surface area contributed by atoms with Crippen LogP contribution in [0.3, 0.4) is 0 Å². The molecule has 23 heavy (non-hydrogen) atoms. The van der Waals surface area contributed by atoms with Gasteiger partial charge in [-0.3, -0.25) is 9.59 Å². The number of hydrogen-bond donors (Lipinski definition) is 2. The van der Waals surface area contributed by atoms with Gasteiger partial charge in [0.25, 0.3) is 0 Å². The van der Waals surface area contributed by atoms with Crippen LogP contribution in [0, 0.1) is 20.8 Å². The number of para-hydroxylation sites is 1. The second-order valence-corrected chi connectivity index (χ2v) is 6.22. The summed E-state index contributed by atoms with van der Waals surface area (Å²) in [6, 6.07) is 5.80. The maximum Gasteiger partial charge on any atom is 0.244 e. The summed E-state index contributed by atoms with van der Waals surface area (Å²) in [5, 5.41) is 8.19. The van der Waals surface area contributed by atoms with Crippen molar-refractivity contribution in [3.63, 3.8) is 0 Å². The third-order valence-electron chi connectivity index (χ3n) is 3.21. The van der Waals surface area contributed by atoms with Crippen LogP contribution < -0.4 is 10.6 Å². The van der Waals surface area contributed by atoms with Crippen LogP contribution in [0.15, 0.2) is 29.7 Å². The molecule has 2 amide bonds. The summed E-state index contributed by atoms with van der Waals surface area (Å²) in [5.74, 6) is -0.582. The van der Waals surface area contributed by atoms with Crippen molar-refractivity contribution in [1.29, 1.82) is 0 Å². The molecular weight excluding hydrogens is 310 g/mol. The van der Waals surface area contributed by atoms with Gasteiger partial charge in [-0.2, -0.15) is 0 Å². The van der Waals surface area contributed by atoms with E-state index in [4.69, 9.17) is 0 Å². The van der Waals surface area contributed by atoms with Gasteiger partial charge in [-0.05, 0) is 38.0 Å². The largest absolute Gasteiger partial charge is 0.343 e. The normalized spacial score (nSPS) is 10.7. The minimum atomic E-state index is -0.327. The van der Waals surface area contributed by atoms with Crippen LogP contribution >= 0.6 is 11.3 Å². The Morgan fingerprint density at radius 2 is 1.91 bits per heavy atom. The molecule has 0 spiro atoms. The smallest absolute Gasteiger partial charge is 0.244 e. The lowest BCUT2D eigenvalue weighted by Gasteiger charge is -2.11. The standard InChI is InChI=1S/C17H19N3O2S/c1-11-5-4-6-12(2)17(11)20-16(22)9-18-15(21)8-7-14-10-23-13(3)19-14/h4-8,10H,9H2,1-3H3,(H,18,21)(H,20,22)/b8-7+. The molecule has 5 nitrogen and oxygen atoms in total. The number of hydrogen-bond acceptors (Lipinski definition) is 4. The Hall–Kier alpha value is -2.47. The van der Waals surface area contributed by atoms with Crippen LogP contribution in [0.2, 0.25) is 0 Å². The van der Waals surface area contributed by atoms with Gasteiger partial charge in [0.2, 0.25) is 11.8 Å². The minimum absolute atomic E-state index is 0.0763. The van der Waals surface area contributed by atoms with Crippen molar-refractivity contribution in [3.8, 4) is 0 Å². The zero-order valence-electron chi connectivity index (χ0n) is 13.3. The second kappa shape index (κ2) is 7.69. The van der Waals surface area contributed by atoms with E-state index in [0.29, 0.717) is 0 Å². The van der Waals surface area contributed by atoms with Gasteiger partial charge < -0.3 is 10.6 Å². The Kier molecular flexibility index (Phi) is 5.65. The number of benzene rings is 1. The van der Waals surface area contributed by atoms with Gasteiger partial charge in [-0.15, -0.1) is 11.3 Å². The number of anilines is 1. The van der Waals surface area contributed by atoms with E-state index in [-0.39, 0.29) is 18.4 Å². The molecule has 0 saturated carbocycles. The number of nitrogens with one attached hydrogen (secondary N) is 2. The molecule has 0 bridgehead atoms. The maximum absolute atomic E-state index is 11.9. The lowest BCUT2D eigenvalue weighted by Crippen LogP contribution is -2.32. The average molecular weight is 329 g/mol. The first-order chi connectivity index (χ1) is 11.0. The number of rotatable bonds is 5. The van der Waals surface area contributed by atoms with Gasteiger partial charge in [-0.25, -0.2) is 4.98 Å². The predicted molar refractivity (Wildman–Crippen MR) is 93.4 cm³/mol. The molecule has 0 fully saturated rings. The van der Waals surface area contributed by atoms with E-state index in [9.17, 15) is 9.59 Å². The average Bonchev–Trinajstić information content (AvgIpc) is 2.92. The summed E-state index contributed by atoms with van der Waals surface area (Å²) in [4.78, 5) is 27.9. The summed E-state index contributed by atoms with van der Waals surface area (Å²) in [5.41, 5.74) is 3.51. The van der Waals surface area contributed by atoms with E-state index < -0.39 is 0 Å². The van der Waals surface area contributed by atoms with Crippen molar-refractivity contribution in [1.82, 2.24) is 10.3 Å². The number of nitrogens with zero attached hydrogens (tertiary/aromatic N) is 1. The van der Waals surface area contributed by atoms with Gasteiger partial charge in [0.05, 0.1) is 17.2 Å². The predicted octanol–water partition coefficient (Wildman–Crippen LogP) is 2.84. The zero-order chi connectivity index (χ0) is 16.8. The Morgan fingerprint density at radius 1 is 1.22 bits per heavy atom. The van der Waals surface area contributed by atoms with Gasteiger partial charge in [0.1, 0.15) is 0 Å². The van der Waals surface area contributed by atoms with E-state index in [2.05, 4.69) is 15.6 Å². The summed E-state index contributed by atoms with van der Waals surface area (Å²) >= 11 is 1.52. The highest BCUT2D eigenvalue weighted by Crippen LogP contribution is 2.18. The van der Waals surface area contributed by atoms with E-state index in [0.717, 1.165) is 27.5 Å². The van der Waals surface area contributed by atoms with Crippen LogP contribution in [-0.4, -0.2) is 23.3 Å². The van der Waals surface area contributed by atoms with Crippen LogP contribution in [-0.2, 0) is 9.59 Å². The van der Waals surface area contributed by atoms with Crippen molar-refractivity contribution in [2.45, 2.75) is 20.8 Å². The second-order valence-electron chi connectivity index (χ2n) is 5.16. The summed E-state index contributed by atoms with van der Waals surface area (Å²) < 4.78 is 0. The van der Waals surface area contributed by atoms with Crippen LogP contribution in [0.5, 0.6) is 0 Å². The van der Waals surface area contributed by atoms with Crippen molar-refractivity contribution in [2.24, 2.45) is 0 Å². The SMILES string of the molecule is Cc1nc(/C=C/C(=O)NCC(=O)Nc2c(C)cccc2C)cs1. The van der Waals surface area contributed by atoms with E-state index in [1.807, 2.05) is 44.4 Å². The number of aryl methyl sites for hydroxylation is 3. The first kappa shape index (κ1) is 16.9. The topological polar surface area (TPSA) is 71.1 Å². The molecule has 2 rings (SSSR count). The fraction of sp³-hybridized carbons (Fsp3) is 0.235. The molecular formula is C17H19N3O2S.